The molecule has 0 fully saturated rings. The number of halogens is 2. The van der Waals surface area contributed by atoms with E-state index in [1.165, 1.54) is 0 Å². The smallest absolute Gasteiger partial charge is 0.321 e. The molecule has 1 atom stereocenters. The lowest BCUT2D eigenvalue weighted by Crippen LogP contribution is -2.33. The van der Waals surface area contributed by atoms with Crippen LogP contribution in [0.3, 0.4) is 0 Å². The lowest BCUT2D eigenvalue weighted by Gasteiger charge is -2.28. The SMILES string of the molecule is CC(C)(C)[C@H](CCl)OC(=O)CCl. The van der Waals surface area contributed by atoms with Crippen LogP contribution < -0.4 is 0 Å². The second-order valence-corrected chi connectivity index (χ2v) is 4.21. The lowest BCUT2D eigenvalue weighted by molar-refractivity contribution is -0.149. The summed E-state index contributed by atoms with van der Waals surface area (Å²) in [5.41, 5.74) is -0.135. The Balaban J connectivity index is 4.09. The van der Waals surface area contributed by atoms with Gasteiger partial charge in [-0.3, -0.25) is 4.79 Å². The third-order valence-electron chi connectivity index (χ3n) is 1.49. The number of rotatable bonds is 3. The fourth-order valence-corrected chi connectivity index (χ4v) is 1.22. The van der Waals surface area contributed by atoms with Gasteiger partial charge in [-0.25, -0.2) is 0 Å². The predicted octanol–water partition coefficient (Wildman–Crippen LogP) is 2.42. The number of alkyl halides is 2. The molecule has 0 aromatic carbocycles. The molecule has 0 amide bonds. The Bertz CT molecular complexity index is 152. The van der Waals surface area contributed by atoms with Crippen LogP contribution in [0.15, 0.2) is 0 Å². The number of hydrogen-bond acceptors (Lipinski definition) is 2. The Morgan fingerprint density at radius 1 is 1.42 bits per heavy atom. The van der Waals surface area contributed by atoms with Crippen LogP contribution in [0.1, 0.15) is 20.8 Å². The third-order valence-corrected chi connectivity index (χ3v) is 1.99. The van der Waals surface area contributed by atoms with E-state index in [2.05, 4.69) is 0 Å². The largest absolute Gasteiger partial charge is 0.460 e. The number of esters is 1. The quantitative estimate of drug-likeness (QED) is 0.531. The first kappa shape index (κ1) is 12.0. The number of carbonyl (C=O) groups excluding carboxylic acids is 1. The molecule has 0 radical (unpaired) electrons. The van der Waals surface area contributed by atoms with Crippen LogP contribution in [0.25, 0.3) is 0 Å². The monoisotopic (exact) mass is 212 g/mol. The van der Waals surface area contributed by atoms with E-state index in [4.69, 9.17) is 27.9 Å². The molecule has 12 heavy (non-hydrogen) atoms. The summed E-state index contributed by atoms with van der Waals surface area (Å²) in [6, 6.07) is 0. The van der Waals surface area contributed by atoms with Crippen molar-refractivity contribution in [3.05, 3.63) is 0 Å². The van der Waals surface area contributed by atoms with Gasteiger partial charge < -0.3 is 4.74 Å². The van der Waals surface area contributed by atoms with Crippen LogP contribution in [0, 0.1) is 5.41 Å². The van der Waals surface area contributed by atoms with E-state index in [0.29, 0.717) is 5.88 Å². The molecule has 0 bridgehead atoms. The van der Waals surface area contributed by atoms with Crippen molar-refractivity contribution in [1.82, 2.24) is 0 Å². The van der Waals surface area contributed by atoms with Crippen molar-refractivity contribution in [2.75, 3.05) is 11.8 Å². The van der Waals surface area contributed by atoms with Gasteiger partial charge in [0, 0.05) is 5.41 Å². The van der Waals surface area contributed by atoms with Gasteiger partial charge in [0.25, 0.3) is 0 Å². The first-order valence-corrected chi connectivity index (χ1v) is 4.80. The molecule has 2 nitrogen and oxygen atoms in total. The average Bonchev–Trinajstić information content (AvgIpc) is 1.97. The Hall–Kier alpha value is 0.0500. The Morgan fingerprint density at radius 3 is 2.17 bits per heavy atom. The minimum atomic E-state index is -0.419. The van der Waals surface area contributed by atoms with Crippen LogP contribution in [-0.4, -0.2) is 23.8 Å². The molecule has 0 aromatic heterocycles. The zero-order valence-corrected chi connectivity index (χ0v) is 9.08. The van der Waals surface area contributed by atoms with Gasteiger partial charge in [0.05, 0.1) is 5.88 Å². The van der Waals surface area contributed by atoms with Crippen molar-refractivity contribution in [2.24, 2.45) is 5.41 Å². The van der Waals surface area contributed by atoms with Gasteiger partial charge in [-0.05, 0) is 0 Å². The highest BCUT2D eigenvalue weighted by Gasteiger charge is 2.26. The molecule has 0 aliphatic rings. The third kappa shape index (κ3) is 4.17. The molecule has 0 heterocycles. The average molecular weight is 213 g/mol. The van der Waals surface area contributed by atoms with Crippen molar-refractivity contribution in [3.8, 4) is 0 Å². The van der Waals surface area contributed by atoms with Gasteiger partial charge in [-0.1, -0.05) is 20.8 Å². The van der Waals surface area contributed by atoms with E-state index in [1.807, 2.05) is 20.8 Å². The summed E-state index contributed by atoms with van der Waals surface area (Å²) in [6.07, 6.45) is -0.273. The van der Waals surface area contributed by atoms with Crippen LogP contribution in [0.2, 0.25) is 0 Å². The molecule has 0 unspecified atom stereocenters. The van der Waals surface area contributed by atoms with Gasteiger partial charge in [0.2, 0.25) is 0 Å². The van der Waals surface area contributed by atoms with E-state index in [9.17, 15) is 4.79 Å². The molecule has 72 valence electrons. The maximum absolute atomic E-state index is 10.8. The summed E-state index contributed by atoms with van der Waals surface area (Å²) >= 11 is 10.9. The highest BCUT2D eigenvalue weighted by Crippen LogP contribution is 2.23. The molecule has 0 spiro atoms. The molecule has 4 heteroatoms. The molecular weight excluding hydrogens is 199 g/mol. The standard InChI is InChI=1S/C8H14Cl2O2/c1-8(2,3)6(4-9)12-7(11)5-10/h6H,4-5H2,1-3H3/t6-/m0/s1. The Morgan fingerprint density at radius 2 is 1.92 bits per heavy atom. The van der Waals surface area contributed by atoms with Gasteiger partial charge in [-0.15, -0.1) is 23.2 Å². The lowest BCUT2D eigenvalue weighted by atomic mass is 9.90. The number of ether oxygens (including phenoxy) is 1. The van der Waals surface area contributed by atoms with Crippen LogP contribution in [-0.2, 0) is 9.53 Å². The second kappa shape index (κ2) is 4.93. The van der Waals surface area contributed by atoms with E-state index in [1.54, 1.807) is 0 Å². The van der Waals surface area contributed by atoms with Gasteiger partial charge in [0.15, 0.2) is 0 Å². The van der Waals surface area contributed by atoms with Gasteiger partial charge in [-0.2, -0.15) is 0 Å². The first-order chi connectivity index (χ1) is 5.41. The normalized spacial score (nSPS) is 14.1. The molecule has 0 saturated carbocycles. The highest BCUT2D eigenvalue weighted by atomic mass is 35.5. The Labute approximate surface area is 83.2 Å². The van der Waals surface area contributed by atoms with E-state index < -0.39 is 5.97 Å². The molecule has 0 aliphatic carbocycles. The summed E-state index contributed by atoms with van der Waals surface area (Å²) in [7, 11) is 0. The summed E-state index contributed by atoms with van der Waals surface area (Å²) in [5, 5.41) is 0. The summed E-state index contributed by atoms with van der Waals surface area (Å²) in [6.45, 7) is 5.88. The van der Waals surface area contributed by atoms with Crippen molar-refractivity contribution in [2.45, 2.75) is 26.9 Å². The molecule has 0 rings (SSSR count). The zero-order valence-electron chi connectivity index (χ0n) is 7.56. The maximum Gasteiger partial charge on any atom is 0.321 e. The van der Waals surface area contributed by atoms with E-state index in [0.717, 1.165) is 0 Å². The molecule has 0 aromatic rings. The highest BCUT2D eigenvalue weighted by molar-refractivity contribution is 6.26. The topological polar surface area (TPSA) is 26.3 Å². The fourth-order valence-electron chi connectivity index (χ4n) is 0.630. The van der Waals surface area contributed by atoms with Crippen molar-refractivity contribution < 1.29 is 9.53 Å². The van der Waals surface area contributed by atoms with Crippen molar-refractivity contribution in [3.63, 3.8) is 0 Å². The Kier molecular flexibility index (Phi) is 4.95. The number of hydrogen-bond donors (Lipinski definition) is 0. The van der Waals surface area contributed by atoms with E-state index >= 15 is 0 Å². The van der Waals surface area contributed by atoms with Crippen LogP contribution in [0.5, 0.6) is 0 Å². The zero-order chi connectivity index (χ0) is 9.78. The van der Waals surface area contributed by atoms with E-state index in [-0.39, 0.29) is 17.4 Å². The van der Waals surface area contributed by atoms with Gasteiger partial charge in [0.1, 0.15) is 12.0 Å². The van der Waals surface area contributed by atoms with Crippen LogP contribution in [0.4, 0.5) is 0 Å². The maximum atomic E-state index is 10.8. The summed E-state index contributed by atoms with van der Waals surface area (Å²) in [5.74, 6) is -0.243. The molecule has 0 saturated heterocycles. The van der Waals surface area contributed by atoms with Gasteiger partial charge >= 0.3 is 5.97 Å². The molecule has 0 N–H and O–H groups in total. The minimum Gasteiger partial charge on any atom is -0.460 e. The van der Waals surface area contributed by atoms with Crippen molar-refractivity contribution in [1.29, 1.82) is 0 Å². The predicted molar refractivity (Wildman–Crippen MR) is 50.8 cm³/mol. The minimum absolute atomic E-state index is 0.122. The molecular formula is C8H14Cl2O2. The summed E-state index contributed by atoms with van der Waals surface area (Å²) in [4.78, 5) is 10.8. The number of carbonyl (C=O) groups is 1. The van der Waals surface area contributed by atoms with Crippen molar-refractivity contribution >= 4 is 29.2 Å². The second-order valence-electron chi connectivity index (χ2n) is 3.63. The van der Waals surface area contributed by atoms with Crippen LogP contribution >= 0.6 is 23.2 Å². The molecule has 0 aliphatic heterocycles. The first-order valence-electron chi connectivity index (χ1n) is 3.73. The summed E-state index contributed by atoms with van der Waals surface area (Å²) < 4.78 is 5.01. The fraction of sp³-hybridized carbons (Fsp3) is 0.875.